The standard InChI is InChI=1S/C24H41NO6/c1-17(2)10-11-19-23(3,31-19)21-20(28-5)18(12-13-24(21)16-29-24)30-22(26)25-14-8-6-7-9-15-27-4/h10,18-21H,6-9,11-16H2,1-5H3,(H,25,26)/t18?,19-,20?,21?,23?,24+/m1/s1. The summed E-state index contributed by atoms with van der Waals surface area (Å²) < 4.78 is 29.0. The van der Waals surface area contributed by atoms with Crippen LogP contribution < -0.4 is 5.32 Å². The van der Waals surface area contributed by atoms with Crippen LogP contribution in [0.5, 0.6) is 0 Å². The molecule has 2 aliphatic heterocycles. The van der Waals surface area contributed by atoms with Crippen molar-refractivity contribution in [1.29, 1.82) is 0 Å². The van der Waals surface area contributed by atoms with Crippen molar-refractivity contribution in [1.82, 2.24) is 5.32 Å². The summed E-state index contributed by atoms with van der Waals surface area (Å²) in [6, 6.07) is 0. The summed E-state index contributed by atoms with van der Waals surface area (Å²) in [6.45, 7) is 8.51. The van der Waals surface area contributed by atoms with Gasteiger partial charge in [0.1, 0.15) is 23.4 Å². The molecule has 3 rings (SSSR count). The number of ether oxygens (including phenoxy) is 5. The van der Waals surface area contributed by atoms with E-state index in [2.05, 4.69) is 32.2 Å². The zero-order valence-electron chi connectivity index (χ0n) is 19.9. The molecule has 0 aromatic rings. The fourth-order valence-electron chi connectivity index (χ4n) is 5.16. The number of carbonyl (C=O) groups is 1. The normalized spacial score (nSPS) is 36.2. The van der Waals surface area contributed by atoms with Crippen molar-refractivity contribution in [3.63, 3.8) is 0 Å². The van der Waals surface area contributed by atoms with Gasteiger partial charge >= 0.3 is 6.09 Å². The number of rotatable bonds is 12. The first-order chi connectivity index (χ1) is 14.9. The monoisotopic (exact) mass is 439 g/mol. The van der Waals surface area contributed by atoms with E-state index < -0.39 is 0 Å². The van der Waals surface area contributed by atoms with E-state index >= 15 is 0 Å². The molecule has 7 nitrogen and oxygen atoms in total. The summed E-state index contributed by atoms with van der Waals surface area (Å²) in [5, 5.41) is 2.89. The number of alkyl carbamates (subject to hydrolysis) is 1. The van der Waals surface area contributed by atoms with Gasteiger partial charge in [0.15, 0.2) is 0 Å². The van der Waals surface area contributed by atoms with Crippen LogP contribution in [0.2, 0.25) is 0 Å². The molecular formula is C24H41NO6. The summed E-state index contributed by atoms with van der Waals surface area (Å²) >= 11 is 0. The fraction of sp³-hybridized carbons (Fsp3) is 0.875. The minimum Gasteiger partial charge on any atom is -0.443 e. The van der Waals surface area contributed by atoms with E-state index in [0.717, 1.165) is 58.2 Å². The van der Waals surface area contributed by atoms with E-state index in [1.54, 1.807) is 14.2 Å². The quantitative estimate of drug-likeness (QED) is 0.281. The Morgan fingerprint density at radius 3 is 2.58 bits per heavy atom. The summed E-state index contributed by atoms with van der Waals surface area (Å²) in [5.41, 5.74) is 0.774. The van der Waals surface area contributed by atoms with Crippen LogP contribution in [0.15, 0.2) is 11.6 Å². The second-order valence-electron chi connectivity index (χ2n) is 9.66. The van der Waals surface area contributed by atoms with Crippen molar-refractivity contribution < 1.29 is 28.5 Å². The lowest BCUT2D eigenvalue weighted by atomic mass is 9.68. The Balaban J connectivity index is 1.52. The second-order valence-corrected chi connectivity index (χ2v) is 9.66. The second kappa shape index (κ2) is 10.6. The summed E-state index contributed by atoms with van der Waals surface area (Å²) in [6.07, 6.45) is 8.14. The molecule has 0 aromatic carbocycles. The number of allylic oxidation sites excluding steroid dienone is 1. The van der Waals surface area contributed by atoms with E-state index in [1.807, 2.05) is 0 Å². The van der Waals surface area contributed by atoms with Gasteiger partial charge in [-0.1, -0.05) is 24.5 Å². The van der Waals surface area contributed by atoms with Gasteiger partial charge in [-0.15, -0.1) is 0 Å². The maximum Gasteiger partial charge on any atom is 0.407 e. The topological polar surface area (TPSA) is 81.9 Å². The number of hydrogen-bond donors (Lipinski definition) is 1. The van der Waals surface area contributed by atoms with Crippen LogP contribution in [0, 0.1) is 5.92 Å². The number of methoxy groups -OCH3 is 2. The van der Waals surface area contributed by atoms with Gasteiger partial charge in [-0.05, 0) is 52.9 Å². The first kappa shape index (κ1) is 24.5. The van der Waals surface area contributed by atoms with Gasteiger partial charge in [-0.25, -0.2) is 4.79 Å². The lowest BCUT2D eigenvalue weighted by Gasteiger charge is -2.42. The third kappa shape index (κ3) is 6.01. The molecule has 0 aromatic heterocycles. The Bertz CT molecular complexity index is 630. The highest BCUT2D eigenvalue weighted by Gasteiger charge is 2.72. The fourth-order valence-corrected chi connectivity index (χ4v) is 5.16. The van der Waals surface area contributed by atoms with Crippen LogP contribution in [0.3, 0.4) is 0 Å². The van der Waals surface area contributed by atoms with Crippen LogP contribution >= 0.6 is 0 Å². The summed E-state index contributed by atoms with van der Waals surface area (Å²) in [5.74, 6) is 0.0490. The maximum absolute atomic E-state index is 12.4. The first-order valence-electron chi connectivity index (χ1n) is 11.8. The van der Waals surface area contributed by atoms with E-state index in [9.17, 15) is 4.79 Å². The van der Waals surface area contributed by atoms with E-state index in [1.165, 1.54) is 5.57 Å². The van der Waals surface area contributed by atoms with Gasteiger partial charge in [0, 0.05) is 27.4 Å². The predicted molar refractivity (Wildman–Crippen MR) is 118 cm³/mol. The third-order valence-corrected chi connectivity index (χ3v) is 7.04. The van der Waals surface area contributed by atoms with Gasteiger partial charge in [-0.2, -0.15) is 0 Å². The smallest absolute Gasteiger partial charge is 0.407 e. The SMILES string of the molecule is COCCCCCCNC(=O)OC1CC[C@]2(CO2)C(C2(C)O[C@@H]2CC=C(C)C)C1OC. The van der Waals surface area contributed by atoms with Crippen LogP contribution in [-0.2, 0) is 23.7 Å². The number of nitrogens with one attached hydrogen (secondary N) is 1. The minimum absolute atomic E-state index is 0.0490. The third-order valence-electron chi connectivity index (χ3n) is 7.04. The van der Waals surface area contributed by atoms with Gasteiger partial charge in [-0.3, -0.25) is 0 Å². The Morgan fingerprint density at radius 1 is 1.19 bits per heavy atom. The average Bonchev–Trinajstić information content (AvgIpc) is 3.64. The van der Waals surface area contributed by atoms with Crippen molar-refractivity contribution in [2.75, 3.05) is 34.0 Å². The lowest BCUT2D eigenvalue weighted by Crippen LogP contribution is -2.56. The Kier molecular flexibility index (Phi) is 8.41. The van der Waals surface area contributed by atoms with Crippen LogP contribution in [0.25, 0.3) is 0 Å². The molecule has 2 heterocycles. The van der Waals surface area contributed by atoms with Crippen molar-refractivity contribution in [3.05, 3.63) is 11.6 Å². The zero-order chi connectivity index (χ0) is 22.5. The molecule has 3 aliphatic rings. The van der Waals surface area contributed by atoms with Gasteiger partial charge in [0.2, 0.25) is 0 Å². The molecule has 3 fully saturated rings. The Labute approximate surface area is 187 Å². The molecule has 0 bridgehead atoms. The molecular weight excluding hydrogens is 398 g/mol. The molecule has 2 saturated heterocycles. The van der Waals surface area contributed by atoms with E-state index in [-0.39, 0.29) is 41.5 Å². The molecule has 6 atom stereocenters. The van der Waals surface area contributed by atoms with E-state index in [4.69, 9.17) is 23.7 Å². The van der Waals surface area contributed by atoms with Gasteiger partial charge in [0.05, 0.1) is 18.6 Å². The highest BCUT2D eigenvalue weighted by molar-refractivity contribution is 5.67. The number of epoxide rings is 2. The number of unbranched alkanes of at least 4 members (excludes halogenated alkanes) is 3. The molecule has 1 saturated carbocycles. The molecule has 1 N–H and O–H groups in total. The van der Waals surface area contributed by atoms with Crippen LogP contribution in [0.4, 0.5) is 4.79 Å². The molecule has 7 heteroatoms. The molecule has 1 spiro atoms. The number of hydrogen-bond acceptors (Lipinski definition) is 6. The predicted octanol–water partition coefficient (Wildman–Crippen LogP) is 4.00. The largest absolute Gasteiger partial charge is 0.443 e. The number of carbonyl (C=O) groups excluding carboxylic acids is 1. The Hall–Kier alpha value is -1.15. The van der Waals surface area contributed by atoms with Gasteiger partial charge < -0.3 is 29.0 Å². The van der Waals surface area contributed by atoms with Crippen LogP contribution in [-0.4, -0.2) is 69.6 Å². The lowest BCUT2D eigenvalue weighted by molar-refractivity contribution is -0.118. The van der Waals surface area contributed by atoms with Crippen molar-refractivity contribution >= 4 is 6.09 Å². The minimum atomic E-state index is -0.363. The zero-order valence-corrected chi connectivity index (χ0v) is 19.9. The average molecular weight is 440 g/mol. The maximum atomic E-state index is 12.4. The highest BCUT2D eigenvalue weighted by Crippen LogP contribution is 2.59. The molecule has 1 amide bonds. The van der Waals surface area contributed by atoms with Crippen molar-refractivity contribution in [3.8, 4) is 0 Å². The highest BCUT2D eigenvalue weighted by atomic mass is 16.6. The van der Waals surface area contributed by atoms with Crippen LogP contribution in [0.1, 0.15) is 65.7 Å². The van der Waals surface area contributed by atoms with E-state index in [0.29, 0.717) is 6.54 Å². The molecule has 178 valence electrons. The Morgan fingerprint density at radius 2 is 1.94 bits per heavy atom. The number of amides is 1. The van der Waals surface area contributed by atoms with Gasteiger partial charge in [0.25, 0.3) is 0 Å². The molecule has 0 radical (unpaired) electrons. The molecule has 31 heavy (non-hydrogen) atoms. The molecule has 1 aliphatic carbocycles. The first-order valence-corrected chi connectivity index (χ1v) is 11.8. The van der Waals surface area contributed by atoms with Crippen molar-refractivity contribution in [2.45, 2.75) is 95.2 Å². The summed E-state index contributed by atoms with van der Waals surface area (Å²) in [7, 11) is 3.42. The van der Waals surface area contributed by atoms with Crippen molar-refractivity contribution in [2.24, 2.45) is 5.92 Å². The molecule has 4 unspecified atom stereocenters. The summed E-state index contributed by atoms with van der Waals surface area (Å²) in [4.78, 5) is 12.4.